The normalized spacial score (nSPS) is 13.0. The van der Waals surface area contributed by atoms with Gasteiger partial charge in [-0.3, -0.25) is 30.8 Å². The van der Waals surface area contributed by atoms with Crippen LogP contribution >= 0.6 is 0 Å². The van der Waals surface area contributed by atoms with Gasteiger partial charge < -0.3 is 15.7 Å². The molecule has 0 spiro atoms. The highest BCUT2D eigenvalue weighted by molar-refractivity contribution is 5.89. The van der Waals surface area contributed by atoms with E-state index in [4.69, 9.17) is 16.6 Å². The molecule has 0 radical (unpaired) electrons. The van der Waals surface area contributed by atoms with Gasteiger partial charge in [0.25, 0.3) is 0 Å². The molecule has 0 rings (SSSR count). The summed E-state index contributed by atoms with van der Waals surface area (Å²) in [5.74, 6) is -2.05. The van der Waals surface area contributed by atoms with Crippen molar-refractivity contribution in [2.45, 2.75) is 52.5 Å². The topological polar surface area (TPSA) is 162 Å². The summed E-state index contributed by atoms with van der Waals surface area (Å²) < 4.78 is 0. The standard InChI is InChI=1S/C16H31N5O4/c1-10(2)8-12(21-14(24)11(3)9-13(22)23)15(25)19-6-4-5-7-20-16(17)18/h10-12H,4-9H2,1-3H3,(H,19,25)(H,21,24)(H,22,23)(H4,17,18,20)/p+1/t11-,12-/m0/s1. The molecule has 144 valence electrons. The van der Waals surface area contributed by atoms with Crippen molar-refractivity contribution in [3.8, 4) is 0 Å². The summed E-state index contributed by atoms with van der Waals surface area (Å²) in [7, 11) is 0. The van der Waals surface area contributed by atoms with E-state index in [-0.39, 0.29) is 24.2 Å². The molecule has 0 unspecified atom stereocenters. The van der Waals surface area contributed by atoms with Crippen molar-refractivity contribution in [2.75, 3.05) is 13.1 Å². The average Bonchev–Trinajstić information content (AvgIpc) is 2.48. The quantitative estimate of drug-likeness (QED) is 0.133. The monoisotopic (exact) mass is 358 g/mol. The van der Waals surface area contributed by atoms with Crippen LogP contribution in [0.2, 0.25) is 0 Å². The lowest BCUT2D eigenvalue weighted by atomic mass is 10.0. The molecule has 2 atom stereocenters. The molecule has 0 bridgehead atoms. The lowest BCUT2D eigenvalue weighted by Gasteiger charge is -2.21. The van der Waals surface area contributed by atoms with E-state index in [1.807, 2.05) is 13.8 Å². The van der Waals surface area contributed by atoms with Gasteiger partial charge in [0.05, 0.1) is 13.0 Å². The molecule has 0 aliphatic carbocycles. The SMILES string of the molecule is CC(C)C[C@H](NC(=O)[C@@H](C)CC(=O)O)C(=O)NCCCC[NH+]=C(N)N. The fourth-order valence-corrected chi connectivity index (χ4v) is 2.19. The Morgan fingerprint density at radius 3 is 2.24 bits per heavy atom. The van der Waals surface area contributed by atoms with Gasteiger partial charge in [-0.05, 0) is 25.2 Å². The van der Waals surface area contributed by atoms with Gasteiger partial charge in [0, 0.05) is 12.5 Å². The molecule has 0 saturated heterocycles. The molecule has 0 saturated carbocycles. The fraction of sp³-hybridized carbons (Fsp3) is 0.750. The van der Waals surface area contributed by atoms with Crippen LogP contribution in [0.15, 0.2) is 0 Å². The fourth-order valence-electron chi connectivity index (χ4n) is 2.19. The van der Waals surface area contributed by atoms with Crippen LogP contribution in [0.4, 0.5) is 0 Å². The van der Waals surface area contributed by atoms with E-state index in [1.165, 1.54) is 6.92 Å². The van der Waals surface area contributed by atoms with E-state index < -0.39 is 23.8 Å². The van der Waals surface area contributed by atoms with Crippen LogP contribution in [-0.4, -0.2) is 48.0 Å². The van der Waals surface area contributed by atoms with Crippen LogP contribution in [0.5, 0.6) is 0 Å². The van der Waals surface area contributed by atoms with Crippen molar-refractivity contribution >= 4 is 23.7 Å². The number of unbranched alkanes of at least 4 members (excludes halogenated alkanes) is 1. The Bertz CT molecular complexity index is 475. The molecule has 0 aliphatic rings. The highest BCUT2D eigenvalue weighted by Gasteiger charge is 2.25. The molecule has 25 heavy (non-hydrogen) atoms. The minimum absolute atomic E-state index is 0.166. The predicted molar refractivity (Wildman–Crippen MR) is 94.3 cm³/mol. The molecule has 0 aromatic heterocycles. The summed E-state index contributed by atoms with van der Waals surface area (Å²) in [4.78, 5) is 37.9. The predicted octanol–water partition coefficient (Wildman–Crippen LogP) is -2.12. The Morgan fingerprint density at radius 2 is 1.72 bits per heavy atom. The molecule has 2 amide bonds. The maximum absolute atomic E-state index is 12.3. The van der Waals surface area contributed by atoms with Crippen LogP contribution in [-0.2, 0) is 14.4 Å². The summed E-state index contributed by atoms with van der Waals surface area (Å²) in [5, 5.41) is 14.2. The van der Waals surface area contributed by atoms with Crippen molar-refractivity contribution in [1.82, 2.24) is 10.6 Å². The second kappa shape index (κ2) is 12.1. The number of hydrogen-bond acceptors (Lipinski definition) is 3. The van der Waals surface area contributed by atoms with Crippen molar-refractivity contribution in [3.63, 3.8) is 0 Å². The first-order valence-corrected chi connectivity index (χ1v) is 8.55. The van der Waals surface area contributed by atoms with Gasteiger partial charge in [-0.15, -0.1) is 0 Å². The molecule has 0 aliphatic heterocycles. The molecule has 0 heterocycles. The van der Waals surface area contributed by atoms with Crippen molar-refractivity contribution < 1.29 is 24.5 Å². The van der Waals surface area contributed by atoms with Gasteiger partial charge in [-0.1, -0.05) is 20.8 Å². The smallest absolute Gasteiger partial charge is 0.338 e. The number of carbonyl (C=O) groups is 3. The highest BCUT2D eigenvalue weighted by Crippen LogP contribution is 2.08. The Kier molecular flexibility index (Phi) is 11.0. The third-order valence-electron chi connectivity index (χ3n) is 3.50. The number of hydrogen-bond donors (Lipinski definition) is 6. The van der Waals surface area contributed by atoms with E-state index in [9.17, 15) is 14.4 Å². The first-order valence-electron chi connectivity index (χ1n) is 8.55. The molecule has 0 fully saturated rings. The lowest BCUT2D eigenvalue weighted by molar-refractivity contribution is -0.459. The van der Waals surface area contributed by atoms with Gasteiger partial charge in [0.15, 0.2) is 0 Å². The summed E-state index contributed by atoms with van der Waals surface area (Å²) >= 11 is 0. The second-order valence-electron chi connectivity index (χ2n) is 6.57. The molecule has 8 N–H and O–H groups in total. The van der Waals surface area contributed by atoms with Crippen LogP contribution in [0.3, 0.4) is 0 Å². The zero-order valence-electron chi connectivity index (χ0n) is 15.3. The van der Waals surface area contributed by atoms with E-state index in [1.54, 1.807) is 0 Å². The van der Waals surface area contributed by atoms with Gasteiger partial charge in [0.1, 0.15) is 6.04 Å². The number of rotatable bonds is 12. The summed E-state index contributed by atoms with van der Waals surface area (Å²) in [6, 6.07) is -0.671. The molecule has 0 aromatic rings. The average molecular weight is 358 g/mol. The van der Waals surface area contributed by atoms with Crippen LogP contribution in [0.25, 0.3) is 0 Å². The molecular weight excluding hydrogens is 326 g/mol. The van der Waals surface area contributed by atoms with E-state index in [0.717, 1.165) is 12.8 Å². The first kappa shape index (κ1) is 22.7. The summed E-state index contributed by atoms with van der Waals surface area (Å²) in [6.45, 7) is 6.52. The van der Waals surface area contributed by atoms with Gasteiger partial charge in [-0.25, -0.2) is 0 Å². The highest BCUT2D eigenvalue weighted by atomic mass is 16.4. The zero-order chi connectivity index (χ0) is 19.4. The maximum Gasteiger partial charge on any atom is 0.338 e. The number of nitrogens with two attached hydrogens (primary N) is 2. The zero-order valence-corrected chi connectivity index (χ0v) is 15.3. The Labute approximate surface area is 148 Å². The molecular formula is C16H32N5O4+. The van der Waals surface area contributed by atoms with E-state index >= 15 is 0 Å². The van der Waals surface area contributed by atoms with E-state index in [2.05, 4.69) is 15.6 Å². The minimum Gasteiger partial charge on any atom is -0.481 e. The molecule has 9 heteroatoms. The number of carboxylic acids is 1. The Morgan fingerprint density at radius 1 is 1.08 bits per heavy atom. The van der Waals surface area contributed by atoms with Gasteiger partial charge in [-0.2, -0.15) is 0 Å². The summed E-state index contributed by atoms with van der Waals surface area (Å²) in [5.41, 5.74) is 10.6. The minimum atomic E-state index is -1.04. The van der Waals surface area contributed by atoms with Gasteiger partial charge >= 0.3 is 11.9 Å². The lowest BCUT2D eigenvalue weighted by Crippen LogP contribution is -2.78. The molecule has 9 nitrogen and oxygen atoms in total. The second-order valence-corrected chi connectivity index (χ2v) is 6.57. The van der Waals surface area contributed by atoms with Crippen LogP contribution in [0.1, 0.15) is 46.5 Å². The van der Waals surface area contributed by atoms with Crippen molar-refractivity contribution in [1.29, 1.82) is 0 Å². The van der Waals surface area contributed by atoms with E-state index in [0.29, 0.717) is 19.5 Å². The molecule has 0 aromatic carbocycles. The summed E-state index contributed by atoms with van der Waals surface area (Å²) in [6.07, 6.45) is 1.74. The first-order chi connectivity index (χ1) is 11.6. The van der Waals surface area contributed by atoms with Crippen molar-refractivity contribution in [3.05, 3.63) is 0 Å². The Balaban J connectivity index is 4.44. The van der Waals surface area contributed by atoms with Gasteiger partial charge in [0.2, 0.25) is 11.8 Å². The third kappa shape index (κ3) is 11.8. The number of carbonyl (C=O) groups excluding carboxylic acids is 2. The van der Waals surface area contributed by atoms with Crippen LogP contribution < -0.4 is 27.1 Å². The third-order valence-corrected chi connectivity index (χ3v) is 3.50. The Hall–Kier alpha value is -2.32. The largest absolute Gasteiger partial charge is 0.481 e. The maximum atomic E-state index is 12.3. The number of nitrogens with one attached hydrogen (secondary N) is 3. The number of carboxylic acid groups (broad SMARTS) is 1. The number of aliphatic carboxylic acids is 1. The number of amides is 2. The van der Waals surface area contributed by atoms with Crippen LogP contribution in [0, 0.1) is 11.8 Å². The van der Waals surface area contributed by atoms with Crippen molar-refractivity contribution in [2.24, 2.45) is 23.3 Å². The number of guanidine groups is 1.